The van der Waals surface area contributed by atoms with E-state index in [1.807, 2.05) is 48.5 Å². The Morgan fingerprint density at radius 1 is 1.00 bits per heavy atom. The van der Waals surface area contributed by atoms with Crippen molar-refractivity contribution in [3.63, 3.8) is 0 Å². The Kier molecular flexibility index (Phi) is 6.30. The van der Waals surface area contributed by atoms with Crippen molar-refractivity contribution >= 4 is 11.6 Å². The van der Waals surface area contributed by atoms with Crippen LogP contribution in [0.3, 0.4) is 0 Å². The minimum atomic E-state index is -0.0519. The molecule has 0 N–H and O–H groups in total. The summed E-state index contributed by atoms with van der Waals surface area (Å²) in [6.07, 6.45) is 3.12. The van der Waals surface area contributed by atoms with Crippen molar-refractivity contribution in [2.24, 2.45) is 0 Å². The lowest BCUT2D eigenvalue weighted by Crippen LogP contribution is -2.10. The Morgan fingerprint density at radius 2 is 1.77 bits per heavy atom. The fourth-order valence-electron chi connectivity index (χ4n) is 2.92. The summed E-state index contributed by atoms with van der Waals surface area (Å²) < 4.78 is 6.31. The zero-order valence-electron chi connectivity index (χ0n) is 15.3. The Morgan fingerprint density at radius 3 is 2.50 bits per heavy atom. The maximum Gasteiger partial charge on any atom is 0.141 e. The number of benzene rings is 2. The molecule has 0 unspecified atom stereocenters. The first kappa shape index (κ1) is 18.5. The minimum Gasteiger partial charge on any atom is -0.484 e. The lowest BCUT2D eigenvalue weighted by atomic mass is 10.1. The third-order valence-corrected chi connectivity index (χ3v) is 4.58. The fraction of sp³-hybridized carbons (Fsp3) is 0.261. The molecule has 26 heavy (non-hydrogen) atoms. The number of ether oxygens (including phenoxy) is 1. The predicted molar refractivity (Wildman–Crippen MR) is 109 cm³/mol. The molecule has 134 valence electrons. The third-order valence-electron chi connectivity index (χ3n) is 4.33. The van der Waals surface area contributed by atoms with Gasteiger partial charge in [0.15, 0.2) is 0 Å². The van der Waals surface area contributed by atoms with E-state index in [0.29, 0.717) is 0 Å². The number of rotatable bonds is 7. The maximum absolute atomic E-state index is 6.31. The molecule has 0 aliphatic heterocycles. The molecular formula is C23H24ClNO. The van der Waals surface area contributed by atoms with Gasteiger partial charge in [-0.05, 0) is 61.7 Å². The standard InChI is InChI=1S/C23H24ClNO/c1-3-4-11-23(26-20-8-5-7-17(2)16-20)22-10-6-9-21(25-22)18-12-14-19(24)15-13-18/h5-10,12-16,23H,3-4,11H2,1-2H3/t23-/m1/s1. The molecule has 1 aromatic heterocycles. The molecule has 0 amide bonds. The second-order valence-electron chi connectivity index (χ2n) is 6.52. The summed E-state index contributed by atoms with van der Waals surface area (Å²) in [5.41, 5.74) is 4.15. The molecule has 3 heteroatoms. The molecule has 3 aromatic rings. The highest BCUT2D eigenvalue weighted by Crippen LogP contribution is 2.28. The molecule has 2 aromatic carbocycles. The third kappa shape index (κ3) is 4.86. The van der Waals surface area contributed by atoms with Gasteiger partial charge in [-0.25, -0.2) is 4.98 Å². The van der Waals surface area contributed by atoms with E-state index in [0.717, 1.165) is 47.0 Å². The smallest absolute Gasteiger partial charge is 0.141 e. The van der Waals surface area contributed by atoms with Crippen molar-refractivity contribution in [2.75, 3.05) is 0 Å². The number of nitrogens with zero attached hydrogens (tertiary/aromatic N) is 1. The normalized spacial score (nSPS) is 12.0. The van der Waals surface area contributed by atoms with Gasteiger partial charge in [0.05, 0.1) is 11.4 Å². The van der Waals surface area contributed by atoms with Gasteiger partial charge in [-0.3, -0.25) is 0 Å². The van der Waals surface area contributed by atoms with Crippen LogP contribution in [0.15, 0.2) is 66.7 Å². The molecule has 0 bridgehead atoms. The van der Waals surface area contributed by atoms with Crippen LogP contribution in [-0.2, 0) is 0 Å². The average Bonchev–Trinajstić information content (AvgIpc) is 2.66. The zero-order chi connectivity index (χ0) is 18.4. The number of aryl methyl sites for hydroxylation is 1. The first-order chi connectivity index (χ1) is 12.7. The van der Waals surface area contributed by atoms with Gasteiger partial charge >= 0.3 is 0 Å². The average molecular weight is 366 g/mol. The first-order valence-corrected chi connectivity index (χ1v) is 9.49. The summed E-state index contributed by atoms with van der Waals surface area (Å²) in [6.45, 7) is 4.27. The summed E-state index contributed by atoms with van der Waals surface area (Å²) in [4.78, 5) is 4.88. The molecule has 0 saturated heterocycles. The highest BCUT2D eigenvalue weighted by Gasteiger charge is 2.16. The molecule has 0 saturated carbocycles. The van der Waals surface area contributed by atoms with Crippen molar-refractivity contribution < 1.29 is 4.74 Å². The van der Waals surface area contributed by atoms with Crippen LogP contribution in [0, 0.1) is 6.92 Å². The molecule has 0 radical (unpaired) electrons. The fourth-order valence-corrected chi connectivity index (χ4v) is 3.05. The topological polar surface area (TPSA) is 22.1 Å². The van der Waals surface area contributed by atoms with Crippen LogP contribution in [-0.4, -0.2) is 4.98 Å². The van der Waals surface area contributed by atoms with E-state index in [4.69, 9.17) is 21.3 Å². The number of aromatic nitrogens is 1. The van der Waals surface area contributed by atoms with Gasteiger partial charge in [0.25, 0.3) is 0 Å². The van der Waals surface area contributed by atoms with Crippen molar-refractivity contribution in [3.8, 4) is 17.0 Å². The highest BCUT2D eigenvalue weighted by atomic mass is 35.5. The van der Waals surface area contributed by atoms with Gasteiger partial charge in [-0.15, -0.1) is 0 Å². The maximum atomic E-state index is 6.31. The monoisotopic (exact) mass is 365 g/mol. The molecular weight excluding hydrogens is 342 g/mol. The van der Waals surface area contributed by atoms with Gasteiger partial charge in [0, 0.05) is 10.6 Å². The molecule has 1 heterocycles. The van der Waals surface area contributed by atoms with E-state index in [2.05, 4.69) is 32.0 Å². The minimum absolute atomic E-state index is 0.0519. The van der Waals surface area contributed by atoms with Crippen LogP contribution in [0.1, 0.15) is 43.5 Å². The van der Waals surface area contributed by atoms with Crippen molar-refractivity contribution in [1.82, 2.24) is 4.98 Å². The Hall–Kier alpha value is -2.32. The number of hydrogen-bond donors (Lipinski definition) is 0. The van der Waals surface area contributed by atoms with Gasteiger partial charge in [-0.1, -0.05) is 55.3 Å². The lowest BCUT2D eigenvalue weighted by molar-refractivity contribution is 0.187. The van der Waals surface area contributed by atoms with E-state index in [1.54, 1.807) is 0 Å². The number of pyridine rings is 1. The van der Waals surface area contributed by atoms with Gasteiger partial charge < -0.3 is 4.74 Å². The van der Waals surface area contributed by atoms with E-state index in [1.165, 1.54) is 5.56 Å². The number of unbranched alkanes of at least 4 members (excludes halogenated alkanes) is 1. The predicted octanol–water partition coefficient (Wildman–Crippen LogP) is 7.02. The molecule has 0 fully saturated rings. The van der Waals surface area contributed by atoms with Crippen LogP contribution >= 0.6 is 11.6 Å². The molecule has 0 aliphatic rings. The van der Waals surface area contributed by atoms with Crippen LogP contribution < -0.4 is 4.74 Å². The molecule has 1 atom stereocenters. The quantitative estimate of drug-likeness (QED) is 0.448. The van der Waals surface area contributed by atoms with E-state index in [-0.39, 0.29) is 6.10 Å². The molecule has 2 nitrogen and oxygen atoms in total. The zero-order valence-corrected chi connectivity index (χ0v) is 16.0. The van der Waals surface area contributed by atoms with E-state index < -0.39 is 0 Å². The number of halogens is 1. The van der Waals surface area contributed by atoms with Crippen molar-refractivity contribution in [2.45, 2.75) is 39.2 Å². The van der Waals surface area contributed by atoms with Crippen LogP contribution in [0.5, 0.6) is 5.75 Å². The second kappa shape index (κ2) is 8.86. The Bertz CT molecular complexity index is 845. The largest absolute Gasteiger partial charge is 0.484 e. The molecule has 0 aliphatic carbocycles. The van der Waals surface area contributed by atoms with E-state index >= 15 is 0 Å². The van der Waals surface area contributed by atoms with Crippen LogP contribution in [0.25, 0.3) is 11.3 Å². The highest BCUT2D eigenvalue weighted by molar-refractivity contribution is 6.30. The summed E-state index contributed by atoms with van der Waals surface area (Å²) in [6, 6.07) is 22.1. The SMILES string of the molecule is CCCC[C@@H](Oc1cccc(C)c1)c1cccc(-c2ccc(Cl)cc2)n1. The summed E-state index contributed by atoms with van der Waals surface area (Å²) >= 11 is 6.00. The summed E-state index contributed by atoms with van der Waals surface area (Å²) in [5, 5.41) is 0.730. The molecule has 0 spiro atoms. The van der Waals surface area contributed by atoms with Gasteiger partial charge in [-0.2, -0.15) is 0 Å². The summed E-state index contributed by atoms with van der Waals surface area (Å²) in [7, 11) is 0. The first-order valence-electron chi connectivity index (χ1n) is 9.12. The Balaban J connectivity index is 1.88. The van der Waals surface area contributed by atoms with Crippen LogP contribution in [0.4, 0.5) is 0 Å². The summed E-state index contributed by atoms with van der Waals surface area (Å²) in [5.74, 6) is 0.893. The van der Waals surface area contributed by atoms with Crippen molar-refractivity contribution in [1.29, 1.82) is 0 Å². The van der Waals surface area contributed by atoms with Gasteiger partial charge in [0.1, 0.15) is 11.9 Å². The second-order valence-corrected chi connectivity index (χ2v) is 6.96. The van der Waals surface area contributed by atoms with E-state index in [9.17, 15) is 0 Å². The van der Waals surface area contributed by atoms with Crippen molar-refractivity contribution in [3.05, 3.63) is 83.0 Å². The lowest BCUT2D eigenvalue weighted by Gasteiger charge is -2.19. The Labute approximate surface area is 160 Å². The molecule has 3 rings (SSSR count). The van der Waals surface area contributed by atoms with Gasteiger partial charge in [0.2, 0.25) is 0 Å². The van der Waals surface area contributed by atoms with Crippen LogP contribution in [0.2, 0.25) is 5.02 Å². The number of hydrogen-bond acceptors (Lipinski definition) is 2.